The molecule has 0 nitrogen and oxygen atoms in total. The van der Waals surface area contributed by atoms with Crippen LogP contribution in [0.4, 0.5) is 0 Å². The minimum absolute atomic E-state index is 0.251. The van der Waals surface area contributed by atoms with Gasteiger partial charge >= 0.3 is 0 Å². The molecule has 2 heteroatoms. The molecule has 0 aliphatic heterocycles. The van der Waals surface area contributed by atoms with Crippen molar-refractivity contribution < 1.29 is 0 Å². The molecule has 0 amide bonds. The largest absolute Gasteiger partial charge is 0.0786 e. The lowest BCUT2D eigenvalue weighted by Crippen LogP contribution is -1.97. The van der Waals surface area contributed by atoms with Gasteiger partial charge in [-0.1, -0.05) is 76.0 Å². The predicted octanol–water partition coefficient (Wildman–Crippen LogP) is 6.76. The van der Waals surface area contributed by atoms with E-state index in [1.54, 1.807) is 0 Å². The number of rotatable bonds is 4. The normalized spacial score (nSPS) is 14.1. The number of alkyl halides is 1. The van der Waals surface area contributed by atoms with Crippen LogP contribution in [0.1, 0.15) is 53.3 Å². The maximum Gasteiger partial charge on any atom is 0.0647 e. The van der Waals surface area contributed by atoms with Crippen molar-refractivity contribution in [1.29, 1.82) is 0 Å². The molecule has 2 aromatic carbocycles. The lowest BCUT2D eigenvalue weighted by Gasteiger charge is -2.16. The van der Waals surface area contributed by atoms with Crippen LogP contribution in [-0.2, 0) is 0 Å². The van der Waals surface area contributed by atoms with Crippen LogP contribution in [-0.4, -0.2) is 0 Å². The highest BCUT2D eigenvalue weighted by Gasteiger charge is 2.13. The highest BCUT2D eigenvalue weighted by molar-refractivity contribution is 9.10. The third-order valence-corrected chi connectivity index (χ3v) is 5.43. The summed E-state index contributed by atoms with van der Waals surface area (Å²) in [6.45, 7) is 6.67. The van der Waals surface area contributed by atoms with Crippen LogP contribution in [0.25, 0.3) is 0 Å². The molecule has 0 saturated heterocycles. The maximum absolute atomic E-state index is 3.83. The Labute approximate surface area is 138 Å². The quantitative estimate of drug-likeness (QED) is 0.502. The van der Waals surface area contributed by atoms with Crippen LogP contribution in [0.2, 0.25) is 0 Å². The second kappa shape index (κ2) is 6.91. The first-order chi connectivity index (χ1) is 9.52. The standard InChI is InChI=1S/C18H20Br2/c1-4-12(2)14-5-7-15(8-6-14)18(20)17-10-9-16(19)11-13(17)3/h5-12,18H,4H2,1-3H3. The minimum Gasteiger partial charge on any atom is -0.0786 e. The van der Waals surface area contributed by atoms with Gasteiger partial charge < -0.3 is 0 Å². The molecule has 106 valence electrons. The topological polar surface area (TPSA) is 0 Å². The molecule has 2 aromatic rings. The Morgan fingerprint density at radius 1 is 1.00 bits per heavy atom. The Morgan fingerprint density at radius 3 is 2.15 bits per heavy atom. The highest BCUT2D eigenvalue weighted by Crippen LogP contribution is 2.34. The fourth-order valence-electron chi connectivity index (χ4n) is 2.33. The molecule has 2 unspecified atom stereocenters. The summed E-state index contributed by atoms with van der Waals surface area (Å²) < 4.78 is 1.13. The number of halogens is 2. The summed E-state index contributed by atoms with van der Waals surface area (Å²) >= 11 is 7.35. The van der Waals surface area contributed by atoms with Crippen LogP contribution in [0.5, 0.6) is 0 Å². The van der Waals surface area contributed by atoms with Crippen molar-refractivity contribution in [3.05, 3.63) is 69.2 Å². The summed E-state index contributed by atoms with van der Waals surface area (Å²) in [7, 11) is 0. The monoisotopic (exact) mass is 394 g/mol. The molecular formula is C18H20Br2. The van der Waals surface area contributed by atoms with Gasteiger partial charge in [0.1, 0.15) is 0 Å². The number of hydrogen-bond donors (Lipinski definition) is 0. The average molecular weight is 396 g/mol. The summed E-state index contributed by atoms with van der Waals surface area (Å²) in [5.41, 5.74) is 5.35. The number of benzene rings is 2. The van der Waals surface area contributed by atoms with Crippen molar-refractivity contribution in [2.45, 2.75) is 37.9 Å². The molecule has 0 aliphatic carbocycles. The van der Waals surface area contributed by atoms with E-state index in [2.05, 4.69) is 95.1 Å². The van der Waals surface area contributed by atoms with Crippen molar-refractivity contribution in [1.82, 2.24) is 0 Å². The van der Waals surface area contributed by atoms with E-state index in [4.69, 9.17) is 0 Å². The first-order valence-corrected chi connectivity index (χ1v) is 8.73. The van der Waals surface area contributed by atoms with Gasteiger partial charge in [0.05, 0.1) is 4.83 Å². The third-order valence-electron chi connectivity index (χ3n) is 3.92. The summed E-state index contributed by atoms with van der Waals surface area (Å²) in [6.07, 6.45) is 1.18. The van der Waals surface area contributed by atoms with Crippen LogP contribution in [0, 0.1) is 6.92 Å². The maximum atomic E-state index is 3.83. The molecule has 0 N–H and O–H groups in total. The molecule has 0 heterocycles. The molecule has 0 radical (unpaired) electrons. The zero-order valence-electron chi connectivity index (χ0n) is 12.2. The van der Waals surface area contributed by atoms with E-state index in [1.807, 2.05) is 0 Å². The van der Waals surface area contributed by atoms with Gasteiger partial charge in [-0.2, -0.15) is 0 Å². The van der Waals surface area contributed by atoms with E-state index in [9.17, 15) is 0 Å². The molecule has 2 rings (SSSR count). The van der Waals surface area contributed by atoms with E-state index in [1.165, 1.54) is 28.7 Å². The van der Waals surface area contributed by atoms with Gasteiger partial charge in [-0.3, -0.25) is 0 Å². The van der Waals surface area contributed by atoms with Crippen molar-refractivity contribution in [2.75, 3.05) is 0 Å². The van der Waals surface area contributed by atoms with Crippen LogP contribution in [0.3, 0.4) is 0 Å². The Kier molecular flexibility index (Phi) is 5.45. The molecule has 0 aliphatic rings. The van der Waals surface area contributed by atoms with Crippen molar-refractivity contribution in [2.24, 2.45) is 0 Å². The van der Waals surface area contributed by atoms with Gasteiger partial charge in [0.25, 0.3) is 0 Å². The molecular weight excluding hydrogens is 376 g/mol. The number of aryl methyl sites for hydroxylation is 1. The summed E-state index contributed by atoms with van der Waals surface area (Å²) in [5.74, 6) is 0.632. The molecule has 20 heavy (non-hydrogen) atoms. The number of hydrogen-bond acceptors (Lipinski definition) is 0. The van der Waals surface area contributed by atoms with Gasteiger partial charge in [-0.05, 0) is 53.6 Å². The third kappa shape index (κ3) is 3.53. The molecule has 0 aromatic heterocycles. The fraction of sp³-hybridized carbons (Fsp3) is 0.333. The van der Waals surface area contributed by atoms with Crippen LogP contribution in [0.15, 0.2) is 46.9 Å². The first-order valence-electron chi connectivity index (χ1n) is 7.03. The zero-order valence-corrected chi connectivity index (χ0v) is 15.3. The lowest BCUT2D eigenvalue weighted by molar-refractivity contribution is 0.733. The molecule has 0 fully saturated rings. The Hall–Kier alpha value is -0.600. The van der Waals surface area contributed by atoms with Gasteiger partial charge in [0.2, 0.25) is 0 Å². The van der Waals surface area contributed by atoms with Gasteiger partial charge in [0.15, 0.2) is 0 Å². The zero-order chi connectivity index (χ0) is 14.7. The molecule has 2 atom stereocenters. The predicted molar refractivity (Wildman–Crippen MR) is 94.8 cm³/mol. The minimum atomic E-state index is 0.251. The summed E-state index contributed by atoms with van der Waals surface area (Å²) in [4.78, 5) is 0.251. The second-order valence-corrected chi connectivity index (χ2v) is 7.17. The van der Waals surface area contributed by atoms with E-state index >= 15 is 0 Å². The molecule has 0 saturated carbocycles. The van der Waals surface area contributed by atoms with Crippen LogP contribution >= 0.6 is 31.9 Å². The lowest BCUT2D eigenvalue weighted by atomic mass is 9.95. The van der Waals surface area contributed by atoms with E-state index in [-0.39, 0.29) is 4.83 Å². The van der Waals surface area contributed by atoms with Crippen molar-refractivity contribution in [3.63, 3.8) is 0 Å². The smallest absolute Gasteiger partial charge is 0.0647 e. The Morgan fingerprint density at radius 2 is 1.60 bits per heavy atom. The highest BCUT2D eigenvalue weighted by atomic mass is 79.9. The van der Waals surface area contributed by atoms with Gasteiger partial charge in [0, 0.05) is 4.47 Å². The van der Waals surface area contributed by atoms with E-state index in [0.717, 1.165) is 4.47 Å². The van der Waals surface area contributed by atoms with Crippen molar-refractivity contribution in [3.8, 4) is 0 Å². The second-order valence-electron chi connectivity index (χ2n) is 5.34. The summed E-state index contributed by atoms with van der Waals surface area (Å²) in [5, 5.41) is 0. The van der Waals surface area contributed by atoms with E-state index in [0.29, 0.717) is 5.92 Å². The fourth-order valence-corrected chi connectivity index (χ4v) is 3.63. The van der Waals surface area contributed by atoms with Gasteiger partial charge in [-0.15, -0.1) is 0 Å². The van der Waals surface area contributed by atoms with Gasteiger partial charge in [-0.25, -0.2) is 0 Å². The summed E-state index contributed by atoms with van der Waals surface area (Å²) in [6, 6.07) is 15.4. The SMILES string of the molecule is CCC(C)c1ccc(C(Br)c2ccc(Br)cc2C)cc1. The Balaban J connectivity index is 2.26. The first kappa shape index (κ1) is 15.8. The molecule has 0 spiro atoms. The van der Waals surface area contributed by atoms with Crippen LogP contribution < -0.4 is 0 Å². The molecule has 0 bridgehead atoms. The van der Waals surface area contributed by atoms with Crippen molar-refractivity contribution >= 4 is 31.9 Å². The average Bonchev–Trinajstić information content (AvgIpc) is 2.46. The van der Waals surface area contributed by atoms with E-state index < -0.39 is 0 Å². The Bertz CT molecular complexity index is 572.